The highest BCUT2D eigenvalue weighted by Gasteiger charge is 2.29. The molecular formula is C13H24O3. The third-order valence-corrected chi connectivity index (χ3v) is 2.60. The van der Waals surface area contributed by atoms with Gasteiger partial charge in [0.05, 0.1) is 12.7 Å². The van der Waals surface area contributed by atoms with Gasteiger partial charge in [-0.05, 0) is 25.2 Å². The molecule has 0 aliphatic carbocycles. The van der Waals surface area contributed by atoms with Crippen molar-refractivity contribution in [1.29, 1.82) is 0 Å². The van der Waals surface area contributed by atoms with Gasteiger partial charge in [0.2, 0.25) is 0 Å². The third kappa shape index (κ3) is 5.31. The Morgan fingerprint density at radius 1 is 1.50 bits per heavy atom. The molecule has 0 rings (SSSR count). The summed E-state index contributed by atoms with van der Waals surface area (Å²) in [5, 5.41) is 9.34. The van der Waals surface area contributed by atoms with Crippen molar-refractivity contribution in [2.75, 3.05) is 6.61 Å². The molecule has 94 valence electrons. The molecule has 3 nitrogen and oxygen atoms in total. The second-order valence-electron chi connectivity index (χ2n) is 4.91. The van der Waals surface area contributed by atoms with Crippen LogP contribution in [0.5, 0.6) is 0 Å². The predicted molar refractivity (Wildman–Crippen MR) is 65.1 cm³/mol. The van der Waals surface area contributed by atoms with Crippen LogP contribution in [0.4, 0.5) is 0 Å². The van der Waals surface area contributed by atoms with Gasteiger partial charge in [-0.1, -0.05) is 33.8 Å². The summed E-state index contributed by atoms with van der Waals surface area (Å²) in [6.45, 7) is 11.7. The van der Waals surface area contributed by atoms with Gasteiger partial charge in [-0.15, -0.1) is 0 Å². The van der Waals surface area contributed by atoms with E-state index in [1.807, 2.05) is 20.8 Å². The molecule has 0 saturated heterocycles. The van der Waals surface area contributed by atoms with E-state index < -0.39 is 11.5 Å². The zero-order valence-corrected chi connectivity index (χ0v) is 10.9. The SMILES string of the molecule is C=C(C(=O)OCCCC)C(C)(C)CC(C)O. The average Bonchev–Trinajstić information content (AvgIpc) is 2.14. The Balaban J connectivity index is 4.25. The molecule has 1 unspecified atom stereocenters. The van der Waals surface area contributed by atoms with Gasteiger partial charge in [-0.3, -0.25) is 0 Å². The summed E-state index contributed by atoms with van der Waals surface area (Å²) in [7, 11) is 0. The molecule has 0 amide bonds. The fourth-order valence-electron chi connectivity index (χ4n) is 1.53. The minimum absolute atomic E-state index is 0.348. The molecule has 0 aromatic carbocycles. The smallest absolute Gasteiger partial charge is 0.333 e. The van der Waals surface area contributed by atoms with Crippen molar-refractivity contribution < 1.29 is 14.6 Å². The minimum atomic E-state index is -0.449. The first-order valence-corrected chi connectivity index (χ1v) is 5.85. The van der Waals surface area contributed by atoms with Crippen LogP contribution in [0.25, 0.3) is 0 Å². The monoisotopic (exact) mass is 228 g/mol. The van der Waals surface area contributed by atoms with Crippen LogP contribution in [0.15, 0.2) is 12.2 Å². The Labute approximate surface area is 98.5 Å². The number of carbonyl (C=O) groups is 1. The van der Waals surface area contributed by atoms with Crippen molar-refractivity contribution in [3.05, 3.63) is 12.2 Å². The number of aliphatic hydroxyl groups excluding tert-OH is 1. The molecule has 0 saturated carbocycles. The Bertz CT molecular complexity index is 242. The number of hydrogen-bond acceptors (Lipinski definition) is 3. The summed E-state index contributed by atoms with van der Waals surface area (Å²) in [5.41, 5.74) is 0.0155. The lowest BCUT2D eigenvalue weighted by molar-refractivity contribution is -0.140. The molecule has 1 atom stereocenters. The van der Waals surface area contributed by atoms with Crippen LogP contribution in [0, 0.1) is 5.41 Å². The first-order chi connectivity index (χ1) is 7.31. The van der Waals surface area contributed by atoms with Crippen molar-refractivity contribution in [1.82, 2.24) is 0 Å². The lowest BCUT2D eigenvalue weighted by atomic mass is 9.80. The molecule has 0 radical (unpaired) electrons. The number of aliphatic hydroxyl groups is 1. The second kappa shape index (κ2) is 6.69. The normalized spacial score (nSPS) is 13.3. The van der Waals surface area contributed by atoms with E-state index in [9.17, 15) is 9.90 Å². The highest BCUT2D eigenvalue weighted by molar-refractivity contribution is 5.89. The zero-order valence-electron chi connectivity index (χ0n) is 10.9. The fourth-order valence-corrected chi connectivity index (χ4v) is 1.53. The van der Waals surface area contributed by atoms with Crippen molar-refractivity contribution in [3.8, 4) is 0 Å². The molecule has 0 aliphatic rings. The third-order valence-electron chi connectivity index (χ3n) is 2.60. The van der Waals surface area contributed by atoms with Gasteiger partial charge in [0.25, 0.3) is 0 Å². The second-order valence-corrected chi connectivity index (χ2v) is 4.91. The Hall–Kier alpha value is -0.830. The lowest BCUT2D eigenvalue weighted by Crippen LogP contribution is -2.26. The lowest BCUT2D eigenvalue weighted by Gasteiger charge is -2.27. The van der Waals surface area contributed by atoms with Crippen LogP contribution in [-0.4, -0.2) is 23.8 Å². The van der Waals surface area contributed by atoms with Crippen LogP contribution in [-0.2, 0) is 9.53 Å². The molecular weight excluding hydrogens is 204 g/mol. The minimum Gasteiger partial charge on any atom is -0.462 e. The average molecular weight is 228 g/mol. The Morgan fingerprint density at radius 2 is 2.06 bits per heavy atom. The Morgan fingerprint density at radius 3 is 2.50 bits per heavy atom. The molecule has 0 spiro atoms. The highest BCUT2D eigenvalue weighted by atomic mass is 16.5. The first-order valence-electron chi connectivity index (χ1n) is 5.85. The Kier molecular flexibility index (Phi) is 6.34. The van der Waals surface area contributed by atoms with Crippen LogP contribution in [0.1, 0.15) is 47.0 Å². The molecule has 3 heteroatoms. The van der Waals surface area contributed by atoms with E-state index in [1.54, 1.807) is 6.92 Å². The number of unbranched alkanes of at least 4 members (excludes halogenated alkanes) is 1. The van der Waals surface area contributed by atoms with Gasteiger partial charge < -0.3 is 9.84 Å². The van der Waals surface area contributed by atoms with E-state index in [0.29, 0.717) is 18.6 Å². The van der Waals surface area contributed by atoms with E-state index in [1.165, 1.54) is 0 Å². The maximum absolute atomic E-state index is 11.6. The van der Waals surface area contributed by atoms with Crippen LogP contribution in [0.3, 0.4) is 0 Å². The predicted octanol–water partition coefficient (Wildman–Crippen LogP) is 2.68. The van der Waals surface area contributed by atoms with Crippen molar-refractivity contribution in [2.24, 2.45) is 5.41 Å². The fraction of sp³-hybridized carbons (Fsp3) is 0.769. The number of carbonyl (C=O) groups excluding carboxylic acids is 1. The van der Waals surface area contributed by atoms with Crippen LogP contribution in [0.2, 0.25) is 0 Å². The first kappa shape index (κ1) is 15.2. The molecule has 0 aromatic heterocycles. The van der Waals surface area contributed by atoms with E-state index in [0.717, 1.165) is 12.8 Å². The summed E-state index contributed by atoms with van der Waals surface area (Å²) in [6, 6.07) is 0. The van der Waals surface area contributed by atoms with E-state index >= 15 is 0 Å². The van der Waals surface area contributed by atoms with Crippen molar-refractivity contribution >= 4 is 5.97 Å². The summed E-state index contributed by atoms with van der Waals surface area (Å²) in [5.74, 6) is -0.348. The quantitative estimate of drug-likeness (QED) is 0.414. The summed E-state index contributed by atoms with van der Waals surface area (Å²) < 4.78 is 5.09. The van der Waals surface area contributed by atoms with E-state index in [2.05, 4.69) is 6.58 Å². The van der Waals surface area contributed by atoms with Crippen molar-refractivity contribution in [3.63, 3.8) is 0 Å². The summed E-state index contributed by atoms with van der Waals surface area (Å²) in [4.78, 5) is 11.6. The molecule has 0 aromatic rings. The number of hydrogen-bond donors (Lipinski definition) is 1. The topological polar surface area (TPSA) is 46.5 Å². The van der Waals surface area contributed by atoms with E-state index in [-0.39, 0.29) is 5.97 Å². The maximum Gasteiger partial charge on any atom is 0.333 e. The van der Waals surface area contributed by atoms with Gasteiger partial charge in [-0.25, -0.2) is 4.79 Å². The molecule has 16 heavy (non-hydrogen) atoms. The molecule has 0 aliphatic heterocycles. The van der Waals surface area contributed by atoms with Gasteiger partial charge in [0.15, 0.2) is 0 Å². The maximum atomic E-state index is 11.6. The van der Waals surface area contributed by atoms with Crippen LogP contribution < -0.4 is 0 Å². The molecule has 0 bridgehead atoms. The largest absolute Gasteiger partial charge is 0.462 e. The van der Waals surface area contributed by atoms with Gasteiger partial charge in [-0.2, -0.15) is 0 Å². The van der Waals surface area contributed by atoms with Gasteiger partial charge in [0, 0.05) is 5.57 Å². The molecule has 0 heterocycles. The van der Waals surface area contributed by atoms with E-state index in [4.69, 9.17) is 4.74 Å². The van der Waals surface area contributed by atoms with Gasteiger partial charge in [0.1, 0.15) is 0 Å². The number of esters is 1. The summed E-state index contributed by atoms with van der Waals surface area (Å²) in [6.07, 6.45) is 1.93. The van der Waals surface area contributed by atoms with Crippen LogP contribution >= 0.6 is 0 Å². The van der Waals surface area contributed by atoms with Crippen molar-refractivity contribution in [2.45, 2.75) is 53.1 Å². The van der Waals surface area contributed by atoms with Gasteiger partial charge >= 0.3 is 5.97 Å². The molecule has 0 fully saturated rings. The summed E-state index contributed by atoms with van der Waals surface area (Å²) >= 11 is 0. The zero-order chi connectivity index (χ0) is 12.8. The number of ether oxygens (including phenoxy) is 1. The molecule has 1 N–H and O–H groups in total. The highest BCUT2D eigenvalue weighted by Crippen LogP contribution is 2.31. The number of rotatable bonds is 7. The standard InChI is InChI=1S/C13H24O3/c1-6-7-8-16-12(15)11(3)13(4,5)9-10(2)14/h10,14H,3,6-9H2,1-2,4-5H3.